The maximum Gasteiger partial charge on any atom is 0.193 e. The molecular weight excluding hydrogens is 290 g/mol. The molecule has 0 aromatic heterocycles. The van der Waals surface area contributed by atoms with Crippen LogP contribution in [0.15, 0.2) is 29.3 Å². The van der Waals surface area contributed by atoms with Gasteiger partial charge in [0.1, 0.15) is 15.6 Å². The van der Waals surface area contributed by atoms with Gasteiger partial charge >= 0.3 is 0 Å². The van der Waals surface area contributed by atoms with E-state index in [4.69, 9.17) is 10.5 Å². The number of benzene rings is 1. The molecule has 0 unspecified atom stereocenters. The molecule has 0 amide bonds. The summed E-state index contributed by atoms with van der Waals surface area (Å²) in [6, 6.07) is 7.39. The van der Waals surface area contributed by atoms with E-state index in [1.807, 2.05) is 24.3 Å². The number of ether oxygens (including phenoxy) is 1. The van der Waals surface area contributed by atoms with E-state index in [2.05, 4.69) is 10.3 Å². The minimum absolute atomic E-state index is 0.172. The predicted molar refractivity (Wildman–Crippen MR) is 84.5 cm³/mol. The molecular formula is C14H21N3O3S. The van der Waals surface area contributed by atoms with Gasteiger partial charge in [-0.1, -0.05) is 12.1 Å². The summed E-state index contributed by atoms with van der Waals surface area (Å²) in [7, 11) is -1.40. The number of hydrogen-bond acceptors (Lipinski definition) is 4. The molecule has 1 fully saturated rings. The molecule has 1 aromatic rings. The van der Waals surface area contributed by atoms with E-state index in [1.54, 1.807) is 7.11 Å². The smallest absolute Gasteiger partial charge is 0.193 e. The lowest BCUT2D eigenvalue weighted by atomic mass is 10.1. The van der Waals surface area contributed by atoms with Gasteiger partial charge < -0.3 is 15.8 Å². The van der Waals surface area contributed by atoms with Crippen LogP contribution in [0, 0.1) is 5.41 Å². The Morgan fingerprint density at radius 1 is 1.43 bits per heavy atom. The number of nitrogens with two attached hydrogens (primary N) is 1. The summed E-state index contributed by atoms with van der Waals surface area (Å²) in [5.41, 5.74) is 6.37. The summed E-state index contributed by atoms with van der Waals surface area (Å²) >= 11 is 0. The fourth-order valence-corrected chi connectivity index (χ4v) is 3.75. The summed E-state index contributed by atoms with van der Waals surface area (Å²) in [5, 5.41) is 2.98. The summed E-state index contributed by atoms with van der Waals surface area (Å²) in [4.78, 5) is 4.28. The van der Waals surface area contributed by atoms with E-state index in [1.165, 1.54) is 6.26 Å². The lowest BCUT2D eigenvalue weighted by Gasteiger charge is -2.13. The van der Waals surface area contributed by atoms with Gasteiger partial charge in [0.2, 0.25) is 0 Å². The Hall–Kier alpha value is -1.76. The van der Waals surface area contributed by atoms with Gasteiger partial charge in [-0.3, -0.25) is 4.99 Å². The van der Waals surface area contributed by atoms with Crippen LogP contribution < -0.4 is 15.8 Å². The van der Waals surface area contributed by atoms with E-state index in [9.17, 15) is 8.42 Å². The Morgan fingerprint density at radius 3 is 2.67 bits per heavy atom. The largest absolute Gasteiger partial charge is 0.495 e. The molecule has 2 rings (SSSR count). The van der Waals surface area contributed by atoms with Crippen LogP contribution in [0.2, 0.25) is 0 Å². The quantitative estimate of drug-likeness (QED) is 0.609. The van der Waals surface area contributed by atoms with E-state index in [-0.39, 0.29) is 17.1 Å². The highest BCUT2D eigenvalue weighted by Gasteiger charge is 2.45. The van der Waals surface area contributed by atoms with Crippen molar-refractivity contribution in [3.05, 3.63) is 24.3 Å². The van der Waals surface area contributed by atoms with Gasteiger partial charge in [0.05, 0.1) is 18.6 Å². The molecule has 1 aliphatic rings. The molecule has 1 aliphatic carbocycles. The van der Waals surface area contributed by atoms with E-state index < -0.39 is 9.84 Å². The first-order chi connectivity index (χ1) is 9.84. The summed E-state index contributed by atoms with van der Waals surface area (Å²) < 4.78 is 28.0. The predicted octanol–water partition coefficient (Wildman–Crippen LogP) is 1.25. The van der Waals surface area contributed by atoms with Crippen molar-refractivity contribution < 1.29 is 13.2 Å². The third-order valence-electron chi connectivity index (χ3n) is 3.48. The number of rotatable bonds is 6. The summed E-state index contributed by atoms with van der Waals surface area (Å²) in [5.74, 6) is 1.11. The number of para-hydroxylation sites is 2. The van der Waals surface area contributed by atoms with Crippen LogP contribution in [0.4, 0.5) is 5.69 Å². The van der Waals surface area contributed by atoms with E-state index >= 15 is 0 Å². The van der Waals surface area contributed by atoms with Crippen LogP contribution in [0.1, 0.15) is 12.8 Å². The molecule has 7 heteroatoms. The summed E-state index contributed by atoms with van der Waals surface area (Å²) in [6.45, 7) is 0.425. The number of aliphatic imine (C=N–C) groups is 1. The van der Waals surface area contributed by atoms with Gasteiger partial charge in [-0.2, -0.15) is 0 Å². The number of nitrogens with zero attached hydrogens (tertiary/aromatic N) is 1. The molecule has 21 heavy (non-hydrogen) atoms. The normalized spacial score (nSPS) is 17.3. The summed E-state index contributed by atoms with van der Waals surface area (Å²) in [6.07, 6.45) is 3.02. The highest BCUT2D eigenvalue weighted by Crippen LogP contribution is 2.46. The number of methoxy groups -OCH3 is 1. The zero-order chi connectivity index (χ0) is 15.5. The van der Waals surface area contributed by atoms with Crippen LogP contribution in [0.5, 0.6) is 5.75 Å². The van der Waals surface area contributed by atoms with Gasteiger partial charge in [-0.25, -0.2) is 8.42 Å². The average Bonchev–Trinajstić information content (AvgIpc) is 3.15. The van der Waals surface area contributed by atoms with Gasteiger partial charge in [0.15, 0.2) is 5.96 Å². The second-order valence-electron chi connectivity index (χ2n) is 5.60. The fraction of sp³-hybridized carbons (Fsp3) is 0.500. The van der Waals surface area contributed by atoms with Crippen molar-refractivity contribution in [3.63, 3.8) is 0 Å². The van der Waals surface area contributed by atoms with Gasteiger partial charge in [0, 0.05) is 18.2 Å². The van der Waals surface area contributed by atoms with E-state index in [0.29, 0.717) is 12.3 Å². The Kier molecular flexibility index (Phi) is 4.41. The number of nitrogens with one attached hydrogen (secondary N) is 1. The molecule has 0 aliphatic heterocycles. The van der Waals surface area contributed by atoms with Crippen LogP contribution in [-0.2, 0) is 9.84 Å². The molecule has 1 saturated carbocycles. The maximum absolute atomic E-state index is 11.4. The molecule has 0 saturated heterocycles. The van der Waals surface area contributed by atoms with Crippen LogP contribution in [-0.4, -0.2) is 40.0 Å². The fourth-order valence-electron chi connectivity index (χ4n) is 2.26. The molecule has 0 spiro atoms. The highest BCUT2D eigenvalue weighted by atomic mass is 32.2. The maximum atomic E-state index is 11.4. The molecule has 0 atom stereocenters. The number of anilines is 1. The van der Waals surface area contributed by atoms with Crippen molar-refractivity contribution >= 4 is 21.5 Å². The molecule has 0 bridgehead atoms. The third kappa shape index (κ3) is 4.63. The standard InChI is InChI=1S/C14H21N3O3S/c1-20-12-6-4-3-5-11(12)17-13(15)16-9-14(7-8-14)10-21(2,18)19/h3-6H,7-10H2,1-2H3,(H3,15,16,17). The topological polar surface area (TPSA) is 93.8 Å². The Bertz CT molecular complexity index is 637. The number of sulfone groups is 1. The average molecular weight is 311 g/mol. The first kappa shape index (κ1) is 15.6. The molecule has 0 radical (unpaired) electrons. The van der Waals surface area contributed by atoms with Crippen molar-refractivity contribution in [1.29, 1.82) is 0 Å². The molecule has 3 N–H and O–H groups in total. The van der Waals surface area contributed by atoms with Crippen LogP contribution >= 0.6 is 0 Å². The number of hydrogen-bond donors (Lipinski definition) is 2. The lowest BCUT2D eigenvalue weighted by Crippen LogP contribution is -2.26. The van der Waals surface area contributed by atoms with Crippen molar-refractivity contribution in [2.24, 2.45) is 16.1 Å². The van der Waals surface area contributed by atoms with Gasteiger partial charge in [0.25, 0.3) is 0 Å². The Labute approximate surface area is 125 Å². The minimum Gasteiger partial charge on any atom is -0.495 e. The SMILES string of the molecule is COc1ccccc1NC(N)=NCC1(CS(C)(=O)=O)CC1. The second kappa shape index (κ2) is 5.93. The van der Waals surface area contributed by atoms with Crippen molar-refractivity contribution in [2.45, 2.75) is 12.8 Å². The molecule has 1 aromatic carbocycles. The van der Waals surface area contributed by atoms with Gasteiger partial charge in [-0.05, 0) is 25.0 Å². The zero-order valence-electron chi connectivity index (χ0n) is 12.3. The van der Waals surface area contributed by atoms with Crippen molar-refractivity contribution in [3.8, 4) is 5.75 Å². The monoisotopic (exact) mass is 311 g/mol. The van der Waals surface area contributed by atoms with Gasteiger partial charge in [-0.15, -0.1) is 0 Å². The van der Waals surface area contributed by atoms with Crippen LogP contribution in [0.3, 0.4) is 0 Å². The van der Waals surface area contributed by atoms with Crippen molar-refractivity contribution in [1.82, 2.24) is 0 Å². The number of guanidine groups is 1. The zero-order valence-corrected chi connectivity index (χ0v) is 13.1. The first-order valence-corrected chi connectivity index (χ1v) is 8.77. The molecule has 116 valence electrons. The Balaban J connectivity index is 1.99. The lowest BCUT2D eigenvalue weighted by molar-refractivity contribution is 0.417. The Morgan fingerprint density at radius 2 is 2.10 bits per heavy atom. The van der Waals surface area contributed by atoms with Crippen LogP contribution in [0.25, 0.3) is 0 Å². The third-order valence-corrected chi connectivity index (χ3v) is 4.62. The van der Waals surface area contributed by atoms with E-state index in [0.717, 1.165) is 18.5 Å². The molecule has 0 heterocycles. The molecule has 6 nitrogen and oxygen atoms in total. The van der Waals surface area contributed by atoms with Crippen molar-refractivity contribution in [2.75, 3.05) is 31.0 Å². The highest BCUT2D eigenvalue weighted by molar-refractivity contribution is 7.90. The first-order valence-electron chi connectivity index (χ1n) is 6.71. The second-order valence-corrected chi connectivity index (χ2v) is 7.74. The minimum atomic E-state index is -2.99.